The average molecular weight is 334 g/mol. The summed E-state index contributed by atoms with van der Waals surface area (Å²) in [4.78, 5) is 27.0. The fraction of sp³-hybridized carbons (Fsp3) is 0.529. The molecule has 1 atom stereocenters. The molecule has 0 aliphatic carbocycles. The number of nitrogens with zero attached hydrogens (tertiary/aromatic N) is 2. The number of anilines is 2. The van der Waals surface area contributed by atoms with Crippen LogP contribution in [0.3, 0.4) is 0 Å². The number of carbonyl (C=O) groups excluding carboxylic acids is 2. The lowest BCUT2D eigenvalue weighted by Gasteiger charge is -2.33. The quantitative estimate of drug-likeness (QED) is 0.856. The highest BCUT2D eigenvalue weighted by atomic mass is 16.5. The molecular weight excluding hydrogens is 308 g/mol. The Hall–Kier alpha value is -2.28. The highest BCUT2D eigenvalue weighted by Crippen LogP contribution is 2.20. The van der Waals surface area contributed by atoms with Gasteiger partial charge in [0.2, 0.25) is 5.91 Å². The fourth-order valence-electron chi connectivity index (χ4n) is 2.49. The molecule has 1 saturated heterocycles. The average Bonchev–Trinajstić information content (AvgIpc) is 2.55. The van der Waals surface area contributed by atoms with Gasteiger partial charge in [-0.2, -0.15) is 0 Å². The second kappa shape index (κ2) is 8.54. The van der Waals surface area contributed by atoms with Gasteiger partial charge in [-0.15, -0.1) is 0 Å². The van der Waals surface area contributed by atoms with Crippen molar-refractivity contribution in [3.8, 4) is 0 Å². The minimum absolute atomic E-state index is 0.0145. The van der Waals surface area contributed by atoms with E-state index in [9.17, 15) is 9.59 Å². The number of benzene rings is 1. The van der Waals surface area contributed by atoms with Crippen molar-refractivity contribution in [1.29, 1.82) is 0 Å². The summed E-state index contributed by atoms with van der Waals surface area (Å²) in [5.41, 5.74) is 1.84. The van der Waals surface area contributed by atoms with Crippen molar-refractivity contribution in [2.45, 2.75) is 19.4 Å². The second-order valence-electron chi connectivity index (χ2n) is 6.09. The smallest absolute Gasteiger partial charge is 0.319 e. The molecule has 0 unspecified atom stereocenters. The summed E-state index contributed by atoms with van der Waals surface area (Å²) >= 11 is 0. The van der Waals surface area contributed by atoms with Gasteiger partial charge in [0.05, 0.1) is 12.7 Å². The van der Waals surface area contributed by atoms with Gasteiger partial charge >= 0.3 is 6.03 Å². The highest BCUT2D eigenvalue weighted by Gasteiger charge is 2.16. The molecule has 0 saturated carbocycles. The molecule has 2 rings (SSSR count). The van der Waals surface area contributed by atoms with Crippen LogP contribution in [0.2, 0.25) is 0 Å². The number of ether oxygens (including phenoxy) is 1. The van der Waals surface area contributed by atoms with Crippen molar-refractivity contribution in [1.82, 2.24) is 10.2 Å². The molecule has 24 heavy (non-hydrogen) atoms. The second-order valence-corrected chi connectivity index (χ2v) is 6.09. The minimum atomic E-state index is -0.311. The van der Waals surface area contributed by atoms with Crippen LogP contribution in [0.4, 0.5) is 16.2 Å². The predicted molar refractivity (Wildman–Crippen MR) is 94.4 cm³/mol. The van der Waals surface area contributed by atoms with E-state index in [1.54, 1.807) is 14.1 Å². The van der Waals surface area contributed by atoms with Gasteiger partial charge in [0, 0.05) is 51.5 Å². The largest absolute Gasteiger partial charge is 0.375 e. The molecule has 132 valence electrons. The molecule has 1 aliphatic rings. The van der Waals surface area contributed by atoms with Gasteiger partial charge in [0.1, 0.15) is 0 Å². The van der Waals surface area contributed by atoms with E-state index in [-0.39, 0.29) is 24.5 Å². The number of nitrogens with one attached hydrogen (secondary N) is 2. The Morgan fingerprint density at radius 3 is 2.62 bits per heavy atom. The molecule has 1 aromatic rings. The van der Waals surface area contributed by atoms with Crippen LogP contribution in [0, 0.1) is 0 Å². The summed E-state index contributed by atoms with van der Waals surface area (Å²) in [5, 5.41) is 5.44. The van der Waals surface area contributed by atoms with Gasteiger partial charge in [0.15, 0.2) is 0 Å². The lowest BCUT2D eigenvalue weighted by molar-refractivity contribution is -0.128. The zero-order valence-corrected chi connectivity index (χ0v) is 14.5. The molecule has 7 nitrogen and oxygen atoms in total. The van der Waals surface area contributed by atoms with E-state index in [2.05, 4.69) is 22.5 Å². The van der Waals surface area contributed by atoms with Crippen LogP contribution in [0.15, 0.2) is 24.3 Å². The maximum atomic E-state index is 11.8. The van der Waals surface area contributed by atoms with Gasteiger partial charge in [-0.05, 0) is 31.2 Å². The molecule has 0 bridgehead atoms. The van der Waals surface area contributed by atoms with Crippen LogP contribution in [-0.4, -0.2) is 63.3 Å². The molecule has 3 amide bonds. The third-order valence-corrected chi connectivity index (χ3v) is 3.85. The Balaban J connectivity index is 1.78. The number of hydrogen-bond donors (Lipinski definition) is 2. The van der Waals surface area contributed by atoms with Gasteiger partial charge in [-0.25, -0.2) is 4.79 Å². The van der Waals surface area contributed by atoms with Crippen molar-refractivity contribution in [3.05, 3.63) is 24.3 Å². The van der Waals surface area contributed by atoms with Crippen LogP contribution >= 0.6 is 0 Å². The number of amides is 3. The normalized spacial score (nSPS) is 17.3. The highest BCUT2D eigenvalue weighted by molar-refractivity contribution is 5.89. The molecule has 0 spiro atoms. The Bertz CT molecular complexity index is 559. The zero-order valence-electron chi connectivity index (χ0n) is 14.5. The maximum Gasteiger partial charge on any atom is 0.319 e. The van der Waals surface area contributed by atoms with Crippen molar-refractivity contribution in [3.63, 3.8) is 0 Å². The lowest BCUT2D eigenvalue weighted by Crippen LogP contribution is -2.41. The summed E-state index contributed by atoms with van der Waals surface area (Å²) in [5.74, 6) is -0.0145. The molecule has 1 fully saturated rings. The third kappa shape index (κ3) is 5.42. The van der Waals surface area contributed by atoms with Crippen molar-refractivity contribution >= 4 is 23.3 Å². The van der Waals surface area contributed by atoms with Crippen LogP contribution in [0.5, 0.6) is 0 Å². The van der Waals surface area contributed by atoms with E-state index in [1.807, 2.05) is 24.3 Å². The maximum absolute atomic E-state index is 11.8. The summed E-state index contributed by atoms with van der Waals surface area (Å²) < 4.78 is 5.54. The Labute approximate surface area is 142 Å². The molecule has 7 heteroatoms. The first-order valence-electron chi connectivity index (χ1n) is 8.17. The monoisotopic (exact) mass is 334 g/mol. The Kier molecular flexibility index (Phi) is 6.43. The summed E-state index contributed by atoms with van der Waals surface area (Å²) in [6, 6.07) is 7.42. The number of urea groups is 1. The summed E-state index contributed by atoms with van der Waals surface area (Å²) in [7, 11) is 3.39. The van der Waals surface area contributed by atoms with E-state index in [0.29, 0.717) is 6.54 Å². The first-order valence-corrected chi connectivity index (χ1v) is 8.17. The van der Waals surface area contributed by atoms with E-state index in [4.69, 9.17) is 4.74 Å². The molecule has 1 aliphatic heterocycles. The molecule has 0 radical (unpaired) electrons. The van der Waals surface area contributed by atoms with Crippen molar-refractivity contribution in [2.75, 3.05) is 50.6 Å². The SMILES string of the molecule is C[C@@H]1CN(c2ccc(NC(=O)NCCC(=O)N(C)C)cc2)CCO1. The van der Waals surface area contributed by atoms with Gasteiger partial charge in [-0.3, -0.25) is 4.79 Å². The molecule has 2 N–H and O–H groups in total. The number of rotatable bonds is 5. The van der Waals surface area contributed by atoms with E-state index in [0.717, 1.165) is 31.1 Å². The number of morpholine rings is 1. The summed E-state index contributed by atoms with van der Waals surface area (Å²) in [6.07, 6.45) is 0.515. The minimum Gasteiger partial charge on any atom is -0.375 e. The van der Waals surface area contributed by atoms with E-state index in [1.165, 1.54) is 4.90 Å². The van der Waals surface area contributed by atoms with Gasteiger partial charge in [-0.1, -0.05) is 0 Å². The van der Waals surface area contributed by atoms with Crippen LogP contribution in [-0.2, 0) is 9.53 Å². The fourth-order valence-corrected chi connectivity index (χ4v) is 2.49. The summed E-state index contributed by atoms with van der Waals surface area (Å²) in [6.45, 7) is 4.85. The van der Waals surface area contributed by atoms with Crippen molar-refractivity contribution in [2.24, 2.45) is 0 Å². The van der Waals surface area contributed by atoms with E-state index >= 15 is 0 Å². The van der Waals surface area contributed by atoms with Gasteiger partial charge < -0.3 is 25.2 Å². The van der Waals surface area contributed by atoms with Crippen LogP contribution in [0.1, 0.15) is 13.3 Å². The molecular formula is C17H26N4O3. The first kappa shape index (κ1) is 18.1. The lowest BCUT2D eigenvalue weighted by atomic mass is 10.2. The van der Waals surface area contributed by atoms with Crippen LogP contribution in [0.25, 0.3) is 0 Å². The van der Waals surface area contributed by atoms with Crippen LogP contribution < -0.4 is 15.5 Å². The number of hydrogen-bond acceptors (Lipinski definition) is 4. The molecule has 0 aromatic heterocycles. The Morgan fingerprint density at radius 2 is 2.00 bits per heavy atom. The third-order valence-electron chi connectivity index (χ3n) is 3.85. The topological polar surface area (TPSA) is 73.9 Å². The van der Waals surface area contributed by atoms with Gasteiger partial charge in [0.25, 0.3) is 0 Å². The Morgan fingerprint density at radius 1 is 1.29 bits per heavy atom. The molecule has 1 heterocycles. The zero-order chi connectivity index (χ0) is 17.5. The number of carbonyl (C=O) groups is 2. The first-order chi connectivity index (χ1) is 11.5. The molecule has 1 aromatic carbocycles. The van der Waals surface area contributed by atoms with E-state index < -0.39 is 0 Å². The predicted octanol–water partition coefficient (Wildman–Crippen LogP) is 1.51. The van der Waals surface area contributed by atoms with Crippen molar-refractivity contribution < 1.29 is 14.3 Å². The standard InChI is InChI=1S/C17H26N4O3/c1-13-12-21(10-11-24-13)15-6-4-14(5-7-15)19-17(23)18-9-8-16(22)20(2)3/h4-7,13H,8-12H2,1-3H3,(H2,18,19,23)/t13-/m1/s1.